The minimum Gasteiger partial charge on any atom is -0.496 e. The molecule has 0 saturated carbocycles. The number of carbonyl (C=O) groups excluding carboxylic acids is 1. The molecule has 2 unspecified atom stereocenters. The molecule has 9 heteroatoms. The van der Waals surface area contributed by atoms with Gasteiger partial charge in [-0.15, -0.1) is 0 Å². The molecule has 1 fully saturated rings. The molecule has 2 amide bonds. The van der Waals surface area contributed by atoms with Gasteiger partial charge >= 0.3 is 6.03 Å². The normalized spacial score (nSPS) is 17.3. The second-order valence-corrected chi connectivity index (χ2v) is 8.24. The van der Waals surface area contributed by atoms with E-state index in [1.165, 1.54) is 6.07 Å². The Balaban J connectivity index is 1.54. The monoisotopic (exact) mass is 498 g/mol. The Hall–Kier alpha value is -2.23. The molecule has 3 rings (SSSR count). The van der Waals surface area contributed by atoms with Gasteiger partial charge in [0.25, 0.3) is 0 Å². The smallest absolute Gasteiger partial charge is 0.317 e. The van der Waals surface area contributed by atoms with Crippen molar-refractivity contribution in [1.82, 2.24) is 10.2 Å². The van der Waals surface area contributed by atoms with Crippen molar-refractivity contribution in [3.05, 3.63) is 63.6 Å². The van der Waals surface area contributed by atoms with Crippen LogP contribution in [0.2, 0.25) is 0 Å². The molecule has 0 radical (unpaired) electrons. The number of nitrogens with zero attached hydrogens (tertiary/aromatic N) is 1. The lowest BCUT2D eigenvalue weighted by Gasteiger charge is -2.33. The van der Waals surface area contributed by atoms with E-state index in [9.17, 15) is 18.7 Å². The Morgan fingerprint density at radius 3 is 2.81 bits per heavy atom. The summed E-state index contributed by atoms with van der Waals surface area (Å²) in [5.41, 5.74) is 1.49. The second kappa shape index (κ2) is 10.9. The van der Waals surface area contributed by atoms with Crippen molar-refractivity contribution >= 4 is 22.0 Å². The summed E-state index contributed by atoms with van der Waals surface area (Å²) in [4.78, 5) is 14.2. The van der Waals surface area contributed by atoms with E-state index in [0.29, 0.717) is 31.7 Å². The largest absolute Gasteiger partial charge is 0.496 e. The molecule has 0 spiro atoms. The fourth-order valence-corrected chi connectivity index (χ4v) is 4.05. The fraction of sp³-hybridized carbons (Fsp3) is 0.409. The van der Waals surface area contributed by atoms with Gasteiger partial charge in [0.15, 0.2) is 11.6 Å². The average molecular weight is 499 g/mol. The Labute approximate surface area is 188 Å². The lowest BCUT2D eigenvalue weighted by atomic mass is 10.00. The maximum atomic E-state index is 13.5. The number of aliphatic hydroxyl groups is 1. The minimum atomic E-state index is -0.946. The number of halogens is 3. The van der Waals surface area contributed by atoms with Crippen LogP contribution in [0, 0.1) is 17.6 Å². The van der Waals surface area contributed by atoms with Gasteiger partial charge in [-0.25, -0.2) is 13.6 Å². The molecule has 2 aromatic carbocycles. The molecule has 1 aliphatic rings. The molecule has 2 aromatic rings. The Morgan fingerprint density at radius 1 is 1.32 bits per heavy atom. The number of amides is 2. The highest BCUT2D eigenvalue weighted by atomic mass is 79.9. The molecule has 0 aliphatic carbocycles. The summed E-state index contributed by atoms with van der Waals surface area (Å²) in [7, 11) is 1.59. The third-order valence-electron chi connectivity index (χ3n) is 5.21. The number of nitrogens with one attached hydrogen (secondary N) is 1. The van der Waals surface area contributed by atoms with Crippen molar-refractivity contribution in [2.45, 2.75) is 12.5 Å². The summed E-state index contributed by atoms with van der Waals surface area (Å²) in [5, 5.41) is 12.6. The molecule has 0 bridgehead atoms. The molecular formula is C22H25BrF2N2O4. The molecule has 2 N–H and O–H groups in total. The number of hydrogen-bond donors (Lipinski definition) is 2. The van der Waals surface area contributed by atoms with Gasteiger partial charge in [-0.1, -0.05) is 12.1 Å². The predicted octanol–water partition coefficient (Wildman–Crippen LogP) is 3.67. The number of morpholine rings is 1. The lowest BCUT2D eigenvalue weighted by molar-refractivity contribution is -0.0157. The first-order valence-electron chi connectivity index (χ1n) is 9.93. The highest BCUT2D eigenvalue weighted by Gasteiger charge is 2.26. The molecule has 6 nitrogen and oxygen atoms in total. The van der Waals surface area contributed by atoms with Gasteiger partial charge in [0.05, 0.1) is 24.7 Å². The van der Waals surface area contributed by atoms with Crippen LogP contribution in [0.25, 0.3) is 0 Å². The summed E-state index contributed by atoms with van der Waals surface area (Å²) in [5.74, 6) is -1.31. The summed E-state index contributed by atoms with van der Waals surface area (Å²) >= 11 is 3.45. The zero-order valence-corrected chi connectivity index (χ0v) is 18.7. The molecular weight excluding hydrogens is 474 g/mol. The van der Waals surface area contributed by atoms with Gasteiger partial charge < -0.3 is 24.8 Å². The SMILES string of the molecule is COc1ccc(CC(CO)CNC(=O)N2CCOC(c3ccc(F)c(F)c3)C2)cc1Br. The third kappa shape index (κ3) is 6.15. The number of hydrogen-bond acceptors (Lipinski definition) is 4. The molecule has 1 aliphatic heterocycles. The van der Waals surface area contributed by atoms with Crippen LogP contribution >= 0.6 is 15.9 Å². The van der Waals surface area contributed by atoms with E-state index in [4.69, 9.17) is 9.47 Å². The highest BCUT2D eigenvalue weighted by molar-refractivity contribution is 9.10. The topological polar surface area (TPSA) is 71.0 Å². The number of methoxy groups -OCH3 is 1. The minimum absolute atomic E-state index is 0.0788. The van der Waals surface area contributed by atoms with E-state index < -0.39 is 17.7 Å². The van der Waals surface area contributed by atoms with Gasteiger partial charge in [0.1, 0.15) is 11.9 Å². The van der Waals surface area contributed by atoms with Crippen LogP contribution in [0.5, 0.6) is 5.75 Å². The van der Waals surface area contributed by atoms with Crippen molar-refractivity contribution in [3.8, 4) is 5.75 Å². The molecule has 168 valence electrons. The van der Waals surface area contributed by atoms with Crippen LogP contribution in [0.3, 0.4) is 0 Å². The Bertz CT molecular complexity index is 915. The van der Waals surface area contributed by atoms with Crippen LogP contribution < -0.4 is 10.1 Å². The number of carbonyl (C=O) groups is 1. The summed E-state index contributed by atoms with van der Waals surface area (Å²) in [6.45, 7) is 1.13. The van der Waals surface area contributed by atoms with E-state index in [0.717, 1.165) is 27.9 Å². The predicted molar refractivity (Wildman–Crippen MR) is 115 cm³/mol. The Kier molecular flexibility index (Phi) is 8.22. The lowest BCUT2D eigenvalue weighted by Crippen LogP contribution is -2.48. The fourth-order valence-electron chi connectivity index (χ4n) is 3.46. The zero-order valence-electron chi connectivity index (χ0n) is 17.1. The number of rotatable bonds is 7. The molecule has 0 aromatic heterocycles. The van der Waals surface area contributed by atoms with Crippen molar-refractivity contribution in [2.75, 3.05) is 40.0 Å². The standard InChI is InChI=1S/C22H25BrF2N2O4/c1-30-20-5-2-14(9-17(20)23)8-15(13-28)11-26-22(29)27-6-7-31-21(12-27)16-3-4-18(24)19(25)10-16/h2-5,9-10,15,21,28H,6-8,11-13H2,1H3,(H,26,29). The number of benzene rings is 2. The van der Waals surface area contributed by atoms with E-state index in [1.54, 1.807) is 12.0 Å². The highest BCUT2D eigenvalue weighted by Crippen LogP contribution is 2.27. The van der Waals surface area contributed by atoms with Crippen LogP contribution in [-0.4, -0.2) is 56.0 Å². The van der Waals surface area contributed by atoms with Crippen LogP contribution in [0.15, 0.2) is 40.9 Å². The first-order chi connectivity index (χ1) is 14.9. The van der Waals surface area contributed by atoms with E-state index in [1.807, 2.05) is 18.2 Å². The summed E-state index contributed by atoms with van der Waals surface area (Å²) in [6.07, 6.45) is 0.0554. The van der Waals surface area contributed by atoms with Gasteiger partial charge in [-0.2, -0.15) is 0 Å². The van der Waals surface area contributed by atoms with Crippen molar-refractivity contribution < 1.29 is 28.2 Å². The zero-order chi connectivity index (χ0) is 22.4. The van der Waals surface area contributed by atoms with Crippen molar-refractivity contribution in [1.29, 1.82) is 0 Å². The van der Waals surface area contributed by atoms with Crippen LogP contribution in [0.4, 0.5) is 13.6 Å². The maximum absolute atomic E-state index is 13.5. The number of ether oxygens (including phenoxy) is 2. The van der Waals surface area contributed by atoms with E-state index in [2.05, 4.69) is 21.2 Å². The molecule has 1 heterocycles. The van der Waals surface area contributed by atoms with Gasteiger partial charge in [0, 0.05) is 25.6 Å². The summed E-state index contributed by atoms with van der Waals surface area (Å²) < 4.78 is 38.4. The molecule has 2 atom stereocenters. The third-order valence-corrected chi connectivity index (χ3v) is 5.83. The maximum Gasteiger partial charge on any atom is 0.317 e. The first-order valence-corrected chi connectivity index (χ1v) is 10.7. The van der Waals surface area contributed by atoms with E-state index in [-0.39, 0.29) is 25.1 Å². The average Bonchev–Trinajstić information content (AvgIpc) is 2.78. The van der Waals surface area contributed by atoms with Crippen molar-refractivity contribution in [2.24, 2.45) is 5.92 Å². The van der Waals surface area contributed by atoms with Crippen LogP contribution in [-0.2, 0) is 11.2 Å². The van der Waals surface area contributed by atoms with Gasteiger partial charge in [-0.3, -0.25) is 0 Å². The number of urea groups is 1. The van der Waals surface area contributed by atoms with Gasteiger partial charge in [-0.05, 0) is 57.7 Å². The molecule has 31 heavy (non-hydrogen) atoms. The molecule has 1 saturated heterocycles. The second-order valence-electron chi connectivity index (χ2n) is 7.39. The first kappa shape index (κ1) is 23.4. The van der Waals surface area contributed by atoms with Crippen LogP contribution in [0.1, 0.15) is 17.2 Å². The Morgan fingerprint density at radius 2 is 2.13 bits per heavy atom. The van der Waals surface area contributed by atoms with Crippen molar-refractivity contribution in [3.63, 3.8) is 0 Å². The number of aliphatic hydroxyl groups excluding tert-OH is 1. The quantitative estimate of drug-likeness (QED) is 0.610. The van der Waals surface area contributed by atoms with E-state index >= 15 is 0 Å². The van der Waals surface area contributed by atoms with Gasteiger partial charge in [0.2, 0.25) is 0 Å². The summed E-state index contributed by atoms with van der Waals surface area (Å²) in [6, 6.07) is 9.01.